The second-order valence-corrected chi connectivity index (χ2v) is 3.55. The smallest absolute Gasteiger partial charge is 0.146 e. The van der Waals surface area contributed by atoms with Crippen LogP contribution in [-0.4, -0.2) is 12.1 Å². The average Bonchev–Trinajstić information content (AvgIpc) is 2.39. The molecule has 0 saturated heterocycles. The molecule has 2 aromatic rings. The van der Waals surface area contributed by atoms with Gasteiger partial charge in [-0.2, -0.15) is 0 Å². The summed E-state index contributed by atoms with van der Waals surface area (Å²) in [7, 11) is 1.61. The molecule has 2 rings (SSSR count). The molecular weight excluding hydrogens is 216 g/mol. The molecule has 0 bridgehead atoms. The third-order valence-electron chi connectivity index (χ3n) is 2.34. The molecule has 17 heavy (non-hydrogen) atoms. The van der Waals surface area contributed by atoms with E-state index in [0.717, 1.165) is 11.3 Å². The summed E-state index contributed by atoms with van der Waals surface area (Å²) in [5.74, 6) is 1.34. The van der Waals surface area contributed by atoms with E-state index in [1.165, 1.54) is 0 Å². The topological polar surface area (TPSA) is 57.4 Å². The van der Waals surface area contributed by atoms with Crippen LogP contribution < -0.4 is 15.2 Å². The summed E-state index contributed by atoms with van der Waals surface area (Å²) in [4.78, 5) is 4.02. The minimum Gasteiger partial charge on any atom is -0.497 e. The lowest BCUT2D eigenvalue weighted by molar-refractivity contribution is 0.305. The quantitative estimate of drug-likeness (QED) is 0.818. The maximum absolute atomic E-state index is 5.81. The molecule has 1 heterocycles. The van der Waals surface area contributed by atoms with E-state index in [9.17, 15) is 0 Å². The highest BCUT2D eigenvalue weighted by Crippen LogP contribution is 2.27. The van der Waals surface area contributed by atoms with Crippen molar-refractivity contribution in [1.82, 2.24) is 4.98 Å². The number of nitrogens with zero attached hydrogens (tertiary/aromatic N) is 1. The zero-order chi connectivity index (χ0) is 12.1. The summed E-state index contributed by atoms with van der Waals surface area (Å²) in [6.45, 7) is 0.436. The van der Waals surface area contributed by atoms with E-state index in [0.29, 0.717) is 18.0 Å². The molecule has 0 unspecified atom stereocenters. The number of nitrogens with two attached hydrogens (primary N) is 1. The Kier molecular flexibility index (Phi) is 3.45. The first-order valence-electron chi connectivity index (χ1n) is 5.25. The van der Waals surface area contributed by atoms with Gasteiger partial charge in [0.25, 0.3) is 0 Å². The van der Waals surface area contributed by atoms with Gasteiger partial charge in [0.05, 0.1) is 12.8 Å². The maximum atomic E-state index is 5.81. The number of ether oxygens (including phenoxy) is 2. The SMILES string of the molecule is COc1ccc(N)c(OCc2cccnc2)c1. The van der Waals surface area contributed by atoms with Crippen molar-refractivity contribution in [3.05, 3.63) is 48.3 Å². The Morgan fingerprint density at radius 3 is 2.88 bits per heavy atom. The van der Waals surface area contributed by atoms with E-state index in [1.54, 1.807) is 37.7 Å². The highest BCUT2D eigenvalue weighted by molar-refractivity contribution is 5.55. The van der Waals surface area contributed by atoms with Crippen molar-refractivity contribution < 1.29 is 9.47 Å². The molecule has 1 aromatic heterocycles. The first kappa shape index (κ1) is 11.3. The van der Waals surface area contributed by atoms with Gasteiger partial charge in [-0.15, -0.1) is 0 Å². The maximum Gasteiger partial charge on any atom is 0.146 e. The van der Waals surface area contributed by atoms with Crippen molar-refractivity contribution in [3.63, 3.8) is 0 Å². The Labute approximate surface area is 100 Å². The average molecular weight is 230 g/mol. The summed E-state index contributed by atoms with van der Waals surface area (Å²) >= 11 is 0. The van der Waals surface area contributed by atoms with Crippen LogP contribution in [0.5, 0.6) is 11.5 Å². The van der Waals surface area contributed by atoms with Gasteiger partial charge in [0, 0.05) is 24.0 Å². The monoisotopic (exact) mass is 230 g/mol. The molecule has 0 spiro atoms. The Morgan fingerprint density at radius 1 is 1.29 bits per heavy atom. The van der Waals surface area contributed by atoms with E-state index in [2.05, 4.69) is 4.98 Å². The fourth-order valence-corrected chi connectivity index (χ4v) is 1.41. The molecule has 0 aliphatic heterocycles. The van der Waals surface area contributed by atoms with E-state index >= 15 is 0 Å². The van der Waals surface area contributed by atoms with Crippen LogP contribution in [0.3, 0.4) is 0 Å². The molecule has 0 aliphatic rings. The molecule has 4 heteroatoms. The Morgan fingerprint density at radius 2 is 2.18 bits per heavy atom. The van der Waals surface area contributed by atoms with Gasteiger partial charge in [-0.25, -0.2) is 0 Å². The molecule has 1 aromatic carbocycles. The van der Waals surface area contributed by atoms with Crippen LogP contribution in [0.4, 0.5) is 5.69 Å². The van der Waals surface area contributed by atoms with Crippen molar-refractivity contribution in [3.8, 4) is 11.5 Å². The number of hydrogen-bond donors (Lipinski definition) is 1. The minimum absolute atomic E-state index is 0.436. The third-order valence-corrected chi connectivity index (χ3v) is 2.34. The fraction of sp³-hybridized carbons (Fsp3) is 0.154. The van der Waals surface area contributed by atoms with Crippen LogP contribution in [0.15, 0.2) is 42.7 Å². The summed E-state index contributed by atoms with van der Waals surface area (Å²) in [5.41, 5.74) is 7.40. The van der Waals surface area contributed by atoms with Gasteiger partial charge in [-0.1, -0.05) is 6.07 Å². The molecule has 0 fully saturated rings. The number of methoxy groups -OCH3 is 1. The minimum atomic E-state index is 0.436. The number of pyridine rings is 1. The molecule has 0 radical (unpaired) electrons. The van der Waals surface area contributed by atoms with Gasteiger partial charge < -0.3 is 15.2 Å². The number of aromatic nitrogens is 1. The van der Waals surface area contributed by atoms with E-state index < -0.39 is 0 Å². The number of hydrogen-bond acceptors (Lipinski definition) is 4. The van der Waals surface area contributed by atoms with Gasteiger partial charge in [0.2, 0.25) is 0 Å². The molecular formula is C13H14N2O2. The van der Waals surface area contributed by atoms with Gasteiger partial charge in [0.15, 0.2) is 0 Å². The van der Waals surface area contributed by atoms with Crippen LogP contribution in [0.1, 0.15) is 5.56 Å². The lowest BCUT2D eigenvalue weighted by Gasteiger charge is -2.10. The second-order valence-electron chi connectivity index (χ2n) is 3.55. The number of benzene rings is 1. The second kappa shape index (κ2) is 5.21. The number of anilines is 1. The summed E-state index contributed by atoms with van der Waals surface area (Å²) in [6, 6.07) is 9.15. The number of rotatable bonds is 4. The van der Waals surface area contributed by atoms with Gasteiger partial charge in [0.1, 0.15) is 18.1 Å². The Hall–Kier alpha value is -2.23. The number of nitrogen functional groups attached to an aromatic ring is 1. The van der Waals surface area contributed by atoms with Crippen molar-refractivity contribution in [2.24, 2.45) is 0 Å². The van der Waals surface area contributed by atoms with Gasteiger partial charge in [-0.05, 0) is 18.2 Å². The summed E-state index contributed by atoms with van der Waals surface area (Å²) < 4.78 is 10.7. The van der Waals surface area contributed by atoms with Crippen molar-refractivity contribution in [2.75, 3.05) is 12.8 Å². The molecule has 2 N–H and O–H groups in total. The molecule has 0 aliphatic carbocycles. The van der Waals surface area contributed by atoms with E-state index in [4.69, 9.17) is 15.2 Å². The zero-order valence-corrected chi connectivity index (χ0v) is 9.59. The molecule has 4 nitrogen and oxygen atoms in total. The van der Waals surface area contributed by atoms with E-state index in [1.807, 2.05) is 12.1 Å². The molecule has 88 valence electrons. The summed E-state index contributed by atoms with van der Waals surface area (Å²) in [5, 5.41) is 0. The summed E-state index contributed by atoms with van der Waals surface area (Å²) in [6.07, 6.45) is 3.49. The molecule has 0 atom stereocenters. The highest BCUT2D eigenvalue weighted by Gasteiger charge is 2.03. The molecule has 0 saturated carbocycles. The van der Waals surface area contributed by atoms with Crippen LogP contribution in [0, 0.1) is 0 Å². The largest absolute Gasteiger partial charge is 0.497 e. The highest BCUT2D eigenvalue weighted by atomic mass is 16.5. The first-order valence-corrected chi connectivity index (χ1v) is 5.25. The lowest BCUT2D eigenvalue weighted by Crippen LogP contribution is -1.99. The standard InChI is InChI=1S/C13H14N2O2/c1-16-11-4-5-12(14)13(7-11)17-9-10-3-2-6-15-8-10/h2-8H,9,14H2,1H3. The first-order chi connectivity index (χ1) is 8.29. The van der Waals surface area contributed by atoms with Crippen molar-refractivity contribution in [2.45, 2.75) is 6.61 Å². The van der Waals surface area contributed by atoms with Crippen LogP contribution in [0.2, 0.25) is 0 Å². The fourth-order valence-electron chi connectivity index (χ4n) is 1.41. The van der Waals surface area contributed by atoms with Crippen LogP contribution in [-0.2, 0) is 6.61 Å². The third kappa shape index (κ3) is 2.87. The normalized spacial score (nSPS) is 9.94. The van der Waals surface area contributed by atoms with Gasteiger partial charge >= 0.3 is 0 Å². The van der Waals surface area contributed by atoms with Crippen molar-refractivity contribution >= 4 is 5.69 Å². The van der Waals surface area contributed by atoms with Gasteiger partial charge in [-0.3, -0.25) is 4.98 Å². The predicted molar refractivity (Wildman–Crippen MR) is 66.0 cm³/mol. The lowest BCUT2D eigenvalue weighted by atomic mass is 10.2. The Balaban J connectivity index is 2.08. The van der Waals surface area contributed by atoms with E-state index in [-0.39, 0.29) is 0 Å². The Bertz CT molecular complexity index is 486. The van der Waals surface area contributed by atoms with Crippen molar-refractivity contribution in [1.29, 1.82) is 0 Å². The predicted octanol–water partition coefficient (Wildman–Crippen LogP) is 2.25. The zero-order valence-electron chi connectivity index (χ0n) is 9.59. The molecule has 0 amide bonds. The van der Waals surface area contributed by atoms with Crippen LogP contribution >= 0.6 is 0 Å². The van der Waals surface area contributed by atoms with Crippen LogP contribution in [0.25, 0.3) is 0 Å².